The first-order chi connectivity index (χ1) is 14.4. The van der Waals surface area contributed by atoms with Gasteiger partial charge in [0.25, 0.3) is 0 Å². The van der Waals surface area contributed by atoms with Crippen LogP contribution in [0.4, 0.5) is 5.69 Å². The number of pyridine rings is 1. The molecular weight excluding hydrogens is 398 g/mol. The third kappa shape index (κ3) is 5.67. The largest absolute Gasteiger partial charge is 0.299 e. The van der Waals surface area contributed by atoms with E-state index in [9.17, 15) is 8.42 Å². The molecule has 1 aromatic carbocycles. The van der Waals surface area contributed by atoms with Crippen molar-refractivity contribution >= 4 is 15.7 Å². The minimum Gasteiger partial charge on any atom is -0.299 e. The molecule has 1 aliphatic rings. The Kier molecular flexibility index (Phi) is 6.15. The quantitative estimate of drug-likeness (QED) is 0.629. The molecule has 0 aliphatic carbocycles. The normalized spacial score (nSPS) is 15.9. The molecule has 1 saturated heterocycles. The first-order valence-electron chi connectivity index (χ1n) is 10.2. The van der Waals surface area contributed by atoms with Crippen LogP contribution in [0.3, 0.4) is 0 Å². The summed E-state index contributed by atoms with van der Waals surface area (Å²) in [5, 5.41) is 4.47. The summed E-state index contributed by atoms with van der Waals surface area (Å²) in [6.07, 6.45) is 9.14. The van der Waals surface area contributed by atoms with Gasteiger partial charge in [0, 0.05) is 30.2 Å². The Morgan fingerprint density at radius 3 is 2.67 bits per heavy atom. The van der Waals surface area contributed by atoms with E-state index in [4.69, 9.17) is 0 Å². The van der Waals surface area contributed by atoms with Crippen molar-refractivity contribution in [3.8, 4) is 0 Å². The maximum Gasteiger partial charge on any atom is 0.229 e. The fourth-order valence-corrected chi connectivity index (χ4v) is 4.54. The molecule has 4 rings (SSSR count). The van der Waals surface area contributed by atoms with E-state index in [2.05, 4.69) is 32.0 Å². The number of hydrogen-bond donors (Lipinski definition) is 1. The molecular formula is C22H27N5O2S. The Labute approximate surface area is 177 Å². The van der Waals surface area contributed by atoms with Crippen LogP contribution in [0.2, 0.25) is 0 Å². The monoisotopic (exact) mass is 425 g/mol. The van der Waals surface area contributed by atoms with Crippen LogP contribution in [0.15, 0.2) is 61.1 Å². The maximum atomic E-state index is 11.5. The van der Waals surface area contributed by atoms with Gasteiger partial charge in [-0.2, -0.15) is 5.10 Å². The highest BCUT2D eigenvalue weighted by Crippen LogP contribution is 2.30. The molecule has 7 nitrogen and oxygen atoms in total. The Hall–Kier alpha value is -2.71. The second-order valence-corrected chi connectivity index (χ2v) is 9.67. The van der Waals surface area contributed by atoms with Gasteiger partial charge in [0.2, 0.25) is 10.0 Å². The Morgan fingerprint density at radius 2 is 1.93 bits per heavy atom. The van der Waals surface area contributed by atoms with E-state index >= 15 is 0 Å². The molecule has 0 spiro atoms. The van der Waals surface area contributed by atoms with Crippen LogP contribution in [0.25, 0.3) is 0 Å². The molecule has 1 N–H and O–H groups in total. The van der Waals surface area contributed by atoms with Crippen LogP contribution in [-0.4, -0.2) is 47.4 Å². The second-order valence-electron chi connectivity index (χ2n) is 7.92. The van der Waals surface area contributed by atoms with E-state index < -0.39 is 10.0 Å². The lowest BCUT2D eigenvalue weighted by Crippen LogP contribution is -2.32. The molecule has 0 saturated carbocycles. The highest BCUT2D eigenvalue weighted by molar-refractivity contribution is 7.92. The number of nitrogens with one attached hydrogen (secondary N) is 1. The van der Waals surface area contributed by atoms with Crippen LogP contribution < -0.4 is 4.72 Å². The molecule has 158 valence electrons. The zero-order valence-corrected chi connectivity index (χ0v) is 17.9. The highest BCUT2D eigenvalue weighted by Gasteiger charge is 2.21. The summed E-state index contributed by atoms with van der Waals surface area (Å²) < 4.78 is 27.5. The molecule has 0 atom stereocenters. The Balaban J connectivity index is 1.31. The third-order valence-corrected chi connectivity index (χ3v) is 6.00. The summed E-state index contributed by atoms with van der Waals surface area (Å²) in [6.45, 7) is 3.60. The standard InChI is InChI=1S/C22H27N5O2S/c1-30(28,29)25-21-7-4-5-20(13-21)19-8-11-26(12-9-19)15-18-14-24-27(16-18)17-22-6-2-3-10-23-22/h2-7,10,13-14,16,19,25H,8-9,11-12,15,17H2,1H3. The van der Waals surface area contributed by atoms with Crippen LogP contribution >= 0.6 is 0 Å². The van der Waals surface area contributed by atoms with Crippen LogP contribution in [0, 0.1) is 0 Å². The van der Waals surface area contributed by atoms with Gasteiger partial charge in [0.15, 0.2) is 0 Å². The second kappa shape index (κ2) is 8.97. The van der Waals surface area contributed by atoms with E-state index in [-0.39, 0.29) is 0 Å². The third-order valence-electron chi connectivity index (χ3n) is 5.39. The number of likely N-dealkylation sites (tertiary alicyclic amines) is 1. The van der Waals surface area contributed by atoms with Gasteiger partial charge in [-0.15, -0.1) is 0 Å². The van der Waals surface area contributed by atoms with Crippen molar-refractivity contribution in [1.82, 2.24) is 19.7 Å². The molecule has 8 heteroatoms. The number of aromatic nitrogens is 3. The van der Waals surface area contributed by atoms with Gasteiger partial charge < -0.3 is 0 Å². The van der Waals surface area contributed by atoms with Gasteiger partial charge in [-0.05, 0) is 61.7 Å². The van der Waals surface area contributed by atoms with Crippen molar-refractivity contribution in [2.75, 3.05) is 24.1 Å². The molecule has 0 bridgehead atoms. The molecule has 1 fully saturated rings. The van der Waals surface area contributed by atoms with Gasteiger partial charge in [-0.1, -0.05) is 18.2 Å². The minimum atomic E-state index is -3.26. The van der Waals surface area contributed by atoms with Crippen molar-refractivity contribution in [1.29, 1.82) is 0 Å². The first-order valence-corrected chi connectivity index (χ1v) is 12.0. The van der Waals surface area contributed by atoms with Crippen molar-refractivity contribution < 1.29 is 8.42 Å². The predicted molar refractivity (Wildman–Crippen MR) is 118 cm³/mol. The van der Waals surface area contributed by atoms with Crippen molar-refractivity contribution in [3.05, 3.63) is 77.9 Å². The van der Waals surface area contributed by atoms with Crippen LogP contribution in [0.1, 0.15) is 35.6 Å². The number of hydrogen-bond acceptors (Lipinski definition) is 5. The molecule has 0 amide bonds. The predicted octanol–water partition coefficient (Wildman–Crippen LogP) is 3.08. The number of nitrogens with zero attached hydrogens (tertiary/aromatic N) is 4. The fraction of sp³-hybridized carbons (Fsp3) is 0.364. The summed E-state index contributed by atoms with van der Waals surface area (Å²) in [7, 11) is -3.26. The van der Waals surface area contributed by atoms with Crippen LogP contribution in [-0.2, 0) is 23.1 Å². The molecule has 0 radical (unpaired) electrons. The van der Waals surface area contributed by atoms with Crippen molar-refractivity contribution in [2.24, 2.45) is 0 Å². The lowest BCUT2D eigenvalue weighted by atomic mass is 9.89. The van der Waals surface area contributed by atoms with Gasteiger partial charge >= 0.3 is 0 Å². The van der Waals surface area contributed by atoms with Gasteiger partial charge in [-0.25, -0.2) is 8.42 Å². The van der Waals surface area contributed by atoms with Crippen molar-refractivity contribution in [2.45, 2.75) is 31.8 Å². The summed E-state index contributed by atoms with van der Waals surface area (Å²) in [6, 6.07) is 13.7. The lowest BCUT2D eigenvalue weighted by Gasteiger charge is -2.32. The lowest BCUT2D eigenvalue weighted by molar-refractivity contribution is 0.204. The first kappa shape index (κ1) is 20.6. The van der Waals surface area contributed by atoms with Gasteiger partial charge in [0.1, 0.15) is 0 Å². The molecule has 3 aromatic rings. The topological polar surface area (TPSA) is 80.1 Å². The molecule has 3 heterocycles. The number of rotatable bonds is 7. The number of anilines is 1. The van der Waals surface area contributed by atoms with E-state index in [1.807, 2.05) is 41.2 Å². The summed E-state index contributed by atoms with van der Waals surface area (Å²) in [4.78, 5) is 6.81. The fourth-order valence-electron chi connectivity index (χ4n) is 3.98. The summed E-state index contributed by atoms with van der Waals surface area (Å²) in [5.41, 5.74) is 4.05. The Bertz CT molecular complexity index is 1070. The number of benzene rings is 1. The molecule has 2 aromatic heterocycles. The van der Waals surface area contributed by atoms with E-state index in [0.717, 1.165) is 38.2 Å². The highest BCUT2D eigenvalue weighted by atomic mass is 32.2. The summed E-state index contributed by atoms with van der Waals surface area (Å²) >= 11 is 0. The average molecular weight is 426 g/mol. The van der Waals surface area contributed by atoms with E-state index in [1.165, 1.54) is 17.4 Å². The zero-order chi connectivity index (χ0) is 21.0. The van der Waals surface area contributed by atoms with Crippen molar-refractivity contribution in [3.63, 3.8) is 0 Å². The average Bonchev–Trinajstić information content (AvgIpc) is 3.15. The minimum absolute atomic E-state index is 0.453. The SMILES string of the molecule is CS(=O)(=O)Nc1cccc(C2CCN(Cc3cnn(Cc4ccccn4)c3)CC2)c1. The Morgan fingerprint density at radius 1 is 1.10 bits per heavy atom. The van der Waals surface area contributed by atoms with Crippen LogP contribution in [0.5, 0.6) is 0 Å². The molecule has 0 unspecified atom stereocenters. The van der Waals surface area contributed by atoms with Gasteiger partial charge in [0.05, 0.1) is 24.7 Å². The van der Waals surface area contributed by atoms with E-state index in [1.54, 1.807) is 12.3 Å². The molecule has 30 heavy (non-hydrogen) atoms. The van der Waals surface area contributed by atoms with E-state index in [0.29, 0.717) is 18.2 Å². The maximum absolute atomic E-state index is 11.5. The zero-order valence-electron chi connectivity index (χ0n) is 17.1. The summed E-state index contributed by atoms with van der Waals surface area (Å²) in [5.74, 6) is 0.453. The van der Waals surface area contributed by atoms with Gasteiger partial charge in [-0.3, -0.25) is 19.3 Å². The smallest absolute Gasteiger partial charge is 0.229 e. The number of sulfonamides is 1. The number of piperidine rings is 1. The molecule has 1 aliphatic heterocycles.